The maximum Gasteiger partial charge on any atom is 0.378 e. The maximum atomic E-state index is 12.0. The zero-order chi connectivity index (χ0) is 14.3. The third kappa shape index (κ3) is 2.20. The van der Waals surface area contributed by atoms with Crippen LogP contribution in [0.25, 0.3) is 0 Å². The van der Waals surface area contributed by atoms with Crippen LogP contribution in [0.2, 0.25) is 0 Å². The second kappa shape index (κ2) is 4.70. The normalized spacial score (nSPS) is 37.4. The van der Waals surface area contributed by atoms with E-state index in [1.165, 1.54) is 13.2 Å². The van der Waals surface area contributed by atoms with Gasteiger partial charge in [0.15, 0.2) is 17.5 Å². The molecule has 0 amide bonds. The van der Waals surface area contributed by atoms with Crippen LogP contribution in [-0.4, -0.2) is 49.1 Å². The molecular formula is C13H18O6. The Bertz CT molecular complexity index is 415. The molecule has 0 radical (unpaired) electrons. The molecule has 2 aliphatic rings. The average molecular weight is 270 g/mol. The predicted octanol–water partition coefficient (Wildman–Crippen LogP) is 0.594. The van der Waals surface area contributed by atoms with E-state index in [2.05, 4.69) is 6.58 Å². The summed E-state index contributed by atoms with van der Waals surface area (Å²) in [5, 5.41) is 0. The minimum atomic E-state index is -1.37. The van der Waals surface area contributed by atoms with Gasteiger partial charge in [-0.25, -0.2) is 4.79 Å². The summed E-state index contributed by atoms with van der Waals surface area (Å²) < 4.78 is 21.6. The third-order valence-electron chi connectivity index (χ3n) is 3.44. The summed E-state index contributed by atoms with van der Waals surface area (Å²) in [4.78, 5) is 23.6. The highest BCUT2D eigenvalue weighted by Crippen LogP contribution is 2.38. The molecule has 19 heavy (non-hydrogen) atoms. The SMILES string of the molecule is C=CC[C@]1(OC)C(=O)C(=O)O[C@@H]1[C@@H]1COC(C)(C)O1. The first-order valence-electron chi connectivity index (χ1n) is 6.09. The van der Waals surface area contributed by atoms with Gasteiger partial charge in [-0.15, -0.1) is 6.58 Å². The zero-order valence-electron chi connectivity index (χ0n) is 11.3. The van der Waals surface area contributed by atoms with Crippen molar-refractivity contribution in [2.45, 2.75) is 43.9 Å². The van der Waals surface area contributed by atoms with Gasteiger partial charge in [0.2, 0.25) is 0 Å². The van der Waals surface area contributed by atoms with Crippen LogP contribution in [0.4, 0.5) is 0 Å². The number of esters is 1. The standard InChI is InChI=1S/C13H18O6/c1-5-6-13(16-4)9(14)11(15)18-10(13)8-7-17-12(2,3)19-8/h5,8,10H,1,6-7H2,2-4H3/t8-,10+,13-/m0/s1. The summed E-state index contributed by atoms with van der Waals surface area (Å²) in [5.74, 6) is -2.37. The van der Waals surface area contributed by atoms with Gasteiger partial charge in [0, 0.05) is 13.5 Å². The largest absolute Gasteiger partial charge is 0.450 e. The van der Waals surface area contributed by atoms with E-state index >= 15 is 0 Å². The van der Waals surface area contributed by atoms with Gasteiger partial charge in [-0.3, -0.25) is 4.79 Å². The van der Waals surface area contributed by atoms with E-state index in [4.69, 9.17) is 18.9 Å². The summed E-state index contributed by atoms with van der Waals surface area (Å²) in [7, 11) is 1.37. The molecule has 2 fully saturated rings. The Balaban J connectivity index is 2.30. The summed E-state index contributed by atoms with van der Waals surface area (Å²) in [5.41, 5.74) is -1.37. The molecule has 2 aliphatic heterocycles. The lowest BCUT2D eigenvalue weighted by molar-refractivity contribution is -0.178. The van der Waals surface area contributed by atoms with Gasteiger partial charge in [-0.05, 0) is 13.8 Å². The zero-order valence-corrected chi connectivity index (χ0v) is 11.3. The van der Waals surface area contributed by atoms with Crippen molar-refractivity contribution in [1.29, 1.82) is 0 Å². The van der Waals surface area contributed by atoms with Gasteiger partial charge < -0.3 is 18.9 Å². The maximum absolute atomic E-state index is 12.0. The molecule has 0 aliphatic carbocycles. The van der Waals surface area contributed by atoms with E-state index in [9.17, 15) is 9.59 Å². The Kier molecular flexibility index (Phi) is 3.51. The van der Waals surface area contributed by atoms with Crippen LogP contribution < -0.4 is 0 Å². The minimum absolute atomic E-state index is 0.180. The molecule has 2 rings (SSSR count). The predicted molar refractivity (Wildman–Crippen MR) is 64.3 cm³/mol. The molecule has 0 spiro atoms. The number of cyclic esters (lactones) is 1. The third-order valence-corrected chi connectivity index (χ3v) is 3.44. The molecule has 106 valence electrons. The van der Waals surface area contributed by atoms with Crippen molar-refractivity contribution in [3.63, 3.8) is 0 Å². The van der Waals surface area contributed by atoms with E-state index < -0.39 is 35.3 Å². The van der Waals surface area contributed by atoms with E-state index in [1.807, 2.05) is 0 Å². The highest BCUT2D eigenvalue weighted by atomic mass is 16.8. The van der Waals surface area contributed by atoms with Crippen molar-refractivity contribution in [2.75, 3.05) is 13.7 Å². The lowest BCUT2D eigenvalue weighted by Crippen LogP contribution is -2.52. The van der Waals surface area contributed by atoms with Gasteiger partial charge in [-0.2, -0.15) is 0 Å². The molecule has 0 N–H and O–H groups in total. The highest BCUT2D eigenvalue weighted by Gasteiger charge is 2.61. The second-order valence-corrected chi connectivity index (χ2v) is 5.11. The lowest BCUT2D eigenvalue weighted by atomic mass is 9.87. The van der Waals surface area contributed by atoms with Gasteiger partial charge in [0.1, 0.15) is 6.10 Å². The van der Waals surface area contributed by atoms with Gasteiger partial charge in [0.25, 0.3) is 5.78 Å². The Labute approximate surface area is 111 Å². The first-order valence-corrected chi connectivity index (χ1v) is 6.09. The quantitative estimate of drug-likeness (QED) is 0.423. The molecule has 0 saturated carbocycles. The van der Waals surface area contributed by atoms with Crippen molar-refractivity contribution in [2.24, 2.45) is 0 Å². The second-order valence-electron chi connectivity index (χ2n) is 5.11. The summed E-state index contributed by atoms with van der Waals surface area (Å²) in [6.45, 7) is 7.35. The number of methoxy groups -OCH3 is 1. The molecular weight excluding hydrogens is 252 g/mol. The first-order chi connectivity index (χ1) is 8.86. The highest BCUT2D eigenvalue weighted by molar-refractivity contribution is 6.39. The number of hydrogen-bond acceptors (Lipinski definition) is 6. The average Bonchev–Trinajstić information content (AvgIpc) is 2.82. The van der Waals surface area contributed by atoms with Crippen molar-refractivity contribution in [3.05, 3.63) is 12.7 Å². The van der Waals surface area contributed by atoms with Gasteiger partial charge >= 0.3 is 5.97 Å². The number of hydrogen-bond donors (Lipinski definition) is 0. The van der Waals surface area contributed by atoms with Crippen molar-refractivity contribution < 1.29 is 28.5 Å². The first kappa shape index (κ1) is 14.2. The Hall–Kier alpha value is -1.24. The molecule has 0 aromatic rings. The molecule has 3 atom stereocenters. The van der Waals surface area contributed by atoms with Crippen molar-refractivity contribution in [3.8, 4) is 0 Å². The van der Waals surface area contributed by atoms with Crippen LogP contribution in [0.1, 0.15) is 20.3 Å². The number of carbonyl (C=O) groups excluding carboxylic acids is 2. The molecule has 2 heterocycles. The Morgan fingerprint density at radius 2 is 2.16 bits per heavy atom. The monoisotopic (exact) mass is 270 g/mol. The van der Waals surface area contributed by atoms with Crippen LogP contribution in [0.5, 0.6) is 0 Å². The van der Waals surface area contributed by atoms with Gasteiger partial charge in [-0.1, -0.05) is 6.08 Å². The van der Waals surface area contributed by atoms with Crippen molar-refractivity contribution in [1.82, 2.24) is 0 Å². The topological polar surface area (TPSA) is 71.1 Å². The smallest absolute Gasteiger partial charge is 0.378 e. The lowest BCUT2D eigenvalue weighted by Gasteiger charge is -2.31. The molecule has 6 heteroatoms. The summed E-state index contributed by atoms with van der Waals surface area (Å²) >= 11 is 0. The number of ketones is 1. The van der Waals surface area contributed by atoms with Crippen LogP contribution >= 0.6 is 0 Å². The molecule has 0 unspecified atom stereocenters. The molecule has 0 bridgehead atoms. The minimum Gasteiger partial charge on any atom is -0.450 e. The van der Waals surface area contributed by atoms with E-state index in [0.29, 0.717) is 0 Å². The van der Waals surface area contributed by atoms with Crippen LogP contribution in [-0.2, 0) is 28.5 Å². The summed E-state index contributed by atoms with van der Waals surface area (Å²) in [6, 6.07) is 0. The molecule has 6 nitrogen and oxygen atoms in total. The Morgan fingerprint density at radius 1 is 1.47 bits per heavy atom. The van der Waals surface area contributed by atoms with Crippen molar-refractivity contribution >= 4 is 11.8 Å². The van der Waals surface area contributed by atoms with E-state index in [0.717, 1.165) is 0 Å². The Morgan fingerprint density at radius 3 is 2.63 bits per heavy atom. The van der Waals surface area contributed by atoms with E-state index in [-0.39, 0.29) is 13.0 Å². The van der Waals surface area contributed by atoms with Crippen LogP contribution in [0, 0.1) is 0 Å². The van der Waals surface area contributed by atoms with Crippen LogP contribution in [0.3, 0.4) is 0 Å². The fourth-order valence-electron chi connectivity index (χ4n) is 2.52. The fraction of sp³-hybridized carbons (Fsp3) is 0.692. The number of rotatable bonds is 4. The molecule has 0 aromatic heterocycles. The number of Topliss-reactive ketones (excluding diaryl/α,β-unsaturated/α-hetero) is 1. The van der Waals surface area contributed by atoms with E-state index in [1.54, 1.807) is 13.8 Å². The van der Waals surface area contributed by atoms with Crippen LogP contribution in [0.15, 0.2) is 12.7 Å². The summed E-state index contributed by atoms with van der Waals surface area (Å²) in [6.07, 6.45) is 0.346. The number of carbonyl (C=O) groups is 2. The molecule has 0 aromatic carbocycles. The number of ether oxygens (including phenoxy) is 4. The molecule has 2 saturated heterocycles. The van der Waals surface area contributed by atoms with Gasteiger partial charge in [0.05, 0.1) is 6.61 Å². The fourth-order valence-corrected chi connectivity index (χ4v) is 2.52.